The van der Waals surface area contributed by atoms with E-state index in [0.29, 0.717) is 0 Å². The van der Waals surface area contributed by atoms with Crippen molar-refractivity contribution in [1.82, 2.24) is 0 Å². The van der Waals surface area contributed by atoms with Crippen molar-refractivity contribution in [2.75, 3.05) is 0 Å². The fourth-order valence-electron chi connectivity index (χ4n) is 4.36. The second-order valence-corrected chi connectivity index (χ2v) is 10.4. The lowest BCUT2D eigenvalue weighted by molar-refractivity contribution is 0.204. The van der Waals surface area contributed by atoms with Gasteiger partial charge in [0, 0.05) is 0 Å². The molecule has 0 aromatic carbocycles. The van der Waals surface area contributed by atoms with Gasteiger partial charge in [0.2, 0.25) is 0 Å². The van der Waals surface area contributed by atoms with E-state index in [4.69, 9.17) is 12.8 Å². The summed E-state index contributed by atoms with van der Waals surface area (Å²) in [7, 11) is 0. The Morgan fingerprint density at radius 3 is 1.03 bits per heavy atom. The molecule has 0 heterocycles. The Kier molecular flexibility index (Phi) is 26.8. The third-order valence-electron chi connectivity index (χ3n) is 6.78. The lowest BCUT2D eigenvalue weighted by atomic mass is 10.0. The van der Waals surface area contributed by atoms with Gasteiger partial charge in [-0.25, -0.2) is 0 Å². The molecule has 0 saturated carbocycles. The van der Waals surface area contributed by atoms with E-state index >= 15 is 0 Å². The van der Waals surface area contributed by atoms with Crippen molar-refractivity contribution < 1.29 is 20.4 Å². The van der Waals surface area contributed by atoms with Crippen LogP contribution in [-0.4, -0.2) is 44.8 Å². The Balaban J connectivity index is 3.31. The fourth-order valence-corrected chi connectivity index (χ4v) is 4.36. The molecule has 4 nitrogen and oxygen atoms in total. The highest BCUT2D eigenvalue weighted by Crippen LogP contribution is 2.14. The quantitative estimate of drug-likeness (QED) is 0.0545. The molecule has 4 heteroatoms. The van der Waals surface area contributed by atoms with Crippen LogP contribution in [0.3, 0.4) is 0 Å². The molecule has 0 aromatic rings. The normalized spacial score (nSPS) is 15.1. The molecule has 4 atom stereocenters. The molecule has 4 unspecified atom stereocenters. The van der Waals surface area contributed by atoms with E-state index in [0.717, 1.165) is 38.5 Å². The van der Waals surface area contributed by atoms with Gasteiger partial charge >= 0.3 is 0 Å². The second-order valence-electron chi connectivity index (χ2n) is 10.4. The summed E-state index contributed by atoms with van der Waals surface area (Å²) in [6.07, 6.45) is 41.9. The average molecular weight is 529 g/mol. The maximum absolute atomic E-state index is 9.81. The molecule has 0 spiro atoms. The standard InChI is InChI=1S/C34H56O4/c1-3-31(35)27-29-33(37)25-23-21-19-17-15-13-11-9-7-5-6-8-10-12-14-16-18-20-22-24-26-34(38)30-28-32(36)4-2/h1-2,7,9,27-38H,5-6,8,10-26H2. The van der Waals surface area contributed by atoms with Crippen LogP contribution in [0.5, 0.6) is 0 Å². The van der Waals surface area contributed by atoms with Crippen molar-refractivity contribution in [2.24, 2.45) is 0 Å². The number of unbranched alkanes of at least 4 members (excludes halogenated alkanes) is 16. The van der Waals surface area contributed by atoms with Crippen LogP contribution in [0, 0.1) is 24.7 Å². The summed E-state index contributed by atoms with van der Waals surface area (Å²) in [5.41, 5.74) is 0. The van der Waals surface area contributed by atoms with Gasteiger partial charge in [0.1, 0.15) is 12.2 Å². The smallest absolute Gasteiger partial charge is 0.133 e. The van der Waals surface area contributed by atoms with E-state index in [9.17, 15) is 20.4 Å². The van der Waals surface area contributed by atoms with Crippen LogP contribution < -0.4 is 0 Å². The zero-order valence-corrected chi connectivity index (χ0v) is 23.9. The van der Waals surface area contributed by atoms with Gasteiger partial charge in [0.25, 0.3) is 0 Å². The van der Waals surface area contributed by atoms with Gasteiger partial charge in [-0.3, -0.25) is 0 Å². The number of allylic oxidation sites excluding steroid dienone is 2. The lowest BCUT2D eigenvalue weighted by Crippen LogP contribution is -2.04. The molecule has 0 rings (SSSR count). The van der Waals surface area contributed by atoms with Crippen LogP contribution in [0.25, 0.3) is 0 Å². The van der Waals surface area contributed by atoms with Crippen molar-refractivity contribution in [2.45, 2.75) is 153 Å². The summed E-state index contributed by atoms with van der Waals surface area (Å²) in [5, 5.41) is 38.1. The third kappa shape index (κ3) is 27.2. The highest BCUT2D eigenvalue weighted by molar-refractivity contribution is 5.08. The zero-order chi connectivity index (χ0) is 28.1. The van der Waals surface area contributed by atoms with E-state index in [2.05, 4.69) is 24.0 Å². The van der Waals surface area contributed by atoms with Gasteiger partial charge in [0.15, 0.2) is 0 Å². The lowest BCUT2D eigenvalue weighted by Gasteiger charge is -2.06. The van der Waals surface area contributed by atoms with Gasteiger partial charge in [-0.05, 0) is 50.7 Å². The van der Waals surface area contributed by atoms with Crippen LogP contribution in [0.1, 0.15) is 128 Å². The monoisotopic (exact) mass is 528 g/mol. The van der Waals surface area contributed by atoms with Crippen LogP contribution in [0.4, 0.5) is 0 Å². The van der Waals surface area contributed by atoms with Gasteiger partial charge in [0.05, 0.1) is 12.2 Å². The number of aliphatic hydroxyl groups is 4. The Hall–Kier alpha value is -1.82. The molecule has 0 radical (unpaired) electrons. The first-order valence-electron chi connectivity index (χ1n) is 15.2. The first-order valence-corrected chi connectivity index (χ1v) is 15.2. The summed E-state index contributed by atoms with van der Waals surface area (Å²) in [6, 6.07) is 0. The number of rotatable bonds is 26. The van der Waals surface area contributed by atoms with Crippen molar-refractivity contribution in [1.29, 1.82) is 0 Å². The van der Waals surface area contributed by atoms with Crippen molar-refractivity contribution >= 4 is 0 Å². The molecular weight excluding hydrogens is 472 g/mol. The molecule has 0 aliphatic carbocycles. The van der Waals surface area contributed by atoms with Gasteiger partial charge in [-0.1, -0.05) is 126 Å². The van der Waals surface area contributed by atoms with Gasteiger partial charge < -0.3 is 20.4 Å². The number of hydrogen-bond acceptors (Lipinski definition) is 4. The van der Waals surface area contributed by atoms with E-state index in [1.165, 1.54) is 102 Å². The van der Waals surface area contributed by atoms with Gasteiger partial charge in [-0.15, -0.1) is 12.8 Å². The van der Waals surface area contributed by atoms with Crippen molar-refractivity contribution in [3.05, 3.63) is 36.5 Å². The minimum Gasteiger partial charge on any atom is -0.389 e. The van der Waals surface area contributed by atoms with Gasteiger partial charge in [-0.2, -0.15) is 0 Å². The molecule has 0 aliphatic heterocycles. The Bertz CT molecular complexity index is 682. The summed E-state index contributed by atoms with van der Waals surface area (Å²) in [4.78, 5) is 0. The maximum Gasteiger partial charge on any atom is 0.133 e. The molecule has 216 valence electrons. The molecular formula is C34H56O4. The van der Waals surface area contributed by atoms with Crippen molar-refractivity contribution in [3.8, 4) is 24.7 Å². The predicted octanol–water partition coefficient (Wildman–Crippen LogP) is 7.17. The Labute approximate surface area is 234 Å². The SMILES string of the molecule is C#CC(O)C=CC(O)CCCCCCCCC=CCCCCCCCCCCCCC(O)C=CC(O)C#C. The molecule has 0 bridgehead atoms. The summed E-state index contributed by atoms with van der Waals surface area (Å²) >= 11 is 0. The zero-order valence-electron chi connectivity index (χ0n) is 23.9. The van der Waals surface area contributed by atoms with E-state index < -0.39 is 24.4 Å². The summed E-state index contributed by atoms with van der Waals surface area (Å²) in [6.45, 7) is 0. The third-order valence-corrected chi connectivity index (χ3v) is 6.78. The molecule has 0 aromatic heterocycles. The molecule has 4 N–H and O–H groups in total. The van der Waals surface area contributed by atoms with Crippen LogP contribution >= 0.6 is 0 Å². The molecule has 0 fully saturated rings. The number of hydrogen-bond donors (Lipinski definition) is 4. The first-order chi connectivity index (χ1) is 18.5. The minimum atomic E-state index is -0.901. The fraction of sp³-hybridized carbons (Fsp3) is 0.706. The maximum atomic E-state index is 9.81. The summed E-state index contributed by atoms with van der Waals surface area (Å²) in [5.74, 6) is 4.40. The largest absolute Gasteiger partial charge is 0.389 e. The average Bonchev–Trinajstić information content (AvgIpc) is 2.92. The second kappa shape index (κ2) is 28.2. The molecule has 0 aliphatic rings. The molecule has 0 saturated heterocycles. The van der Waals surface area contributed by atoms with E-state index in [1.54, 1.807) is 12.2 Å². The van der Waals surface area contributed by atoms with E-state index in [-0.39, 0.29) is 0 Å². The first kappa shape index (κ1) is 36.2. The Morgan fingerprint density at radius 1 is 0.421 bits per heavy atom. The van der Waals surface area contributed by atoms with Crippen LogP contribution in [-0.2, 0) is 0 Å². The number of terminal acetylenes is 2. The molecule has 0 amide bonds. The highest BCUT2D eigenvalue weighted by Gasteiger charge is 2.01. The molecule has 38 heavy (non-hydrogen) atoms. The van der Waals surface area contributed by atoms with E-state index in [1.807, 2.05) is 0 Å². The van der Waals surface area contributed by atoms with Crippen LogP contribution in [0.15, 0.2) is 36.5 Å². The predicted molar refractivity (Wildman–Crippen MR) is 161 cm³/mol. The Morgan fingerprint density at radius 2 is 0.711 bits per heavy atom. The topological polar surface area (TPSA) is 80.9 Å². The number of aliphatic hydroxyl groups excluding tert-OH is 4. The highest BCUT2D eigenvalue weighted by atomic mass is 16.3. The van der Waals surface area contributed by atoms with Crippen molar-refractivity contribution in [3.63, 3.8) is 0 Å². The summed E-state index contributed by atoms with van der Waals surface area (Å²) < 4.78 is 0. The van der Waals surface area contributed by atoms with Crippen LogP contribution in [0.2, 0.25) is 0 Å². The minimum absolute atomic E-state index is 0.507.